The summed E-state index contributed by atoms with van der Waals surface area (Å²) in [7, 11) is 0. The Morgan fingerprint density at radius 2 is 2.11 bits per heavy atom. The second-order valence-electron chi connectivity index (χ2n) is 5.46. The van der Waals surface area contributed by atoms with E-state index in [0.717, 1.165) is 39.2 Å². The van der Waals surface area contributed by atoms with E-state index in [2.05, 4.69) is 22.4 Å². The molecule has 19 heavy (non-hydrogen) atoms. The third kappa shape index (κ3) is 3.18. The second-order valence-corrected chi connectivity index (χ2v) is 5.46. The highest BCUT2D eigenvalue weighted by molar-refractivity contribution is 5.43. The molecular weight excluding hydrogens is 243 g/mol. The Bertz CT molecular complexity index is 420. The molecule has 3 aliphatic rings. The first-order valence-electron chi connectivity index (χ1n) is 7.12. The highest BCUT2D eigenvalue weighted by Crippen LogP contribution is 2.27. The molecule has 0 radical (unpaired) electrons. The number of ether oxygens (including phenoxy) is 1. The molecular formula is C15H21FN2O. The van der Waals surface area contributed by atoms with Crippen molar-refractivity contribution in [1.29, 1.82) is 0 Å². The van der Waals surface area contributed by atoms with Crippen LogP contribution in [-0.2, 0) is 4.74 Å². The first kappa shape index (κ1) is 12.7. The average Bonchev–Trinajstić information content (AvgIpc) is 2.88. The fourth-order valence-corrected chi connectivity index (χ4v) is 2.80. The Kier molecular flexibility index (Phi) is 3.87. The van der Waals surface area contributed by atoms with Crippen molar-refractivity contribution < 1.29 is 9.13 Å². The van der Waals surface area contributed by atoms with Crippen molar-refractivity contribution >= 4 is 0 Å². The predicted molar refractivity (Wildman–Crippen MR) is 73.4 cm³/mol. The van der Waals surface area contributed by atoms with Crippen LogP contribution in [0.3, 0.4) is 0 Å². The third-order valence-corrected chi connectivity index (χ3v) is 4.04. The van der Waals surface area contributed by atoms with Crippen LogP contribution in [0.4, 0.5) is 4.39 Å². The van der Waals surface area contributed by atoms with E-state index in [9.17, 15) is 4.39 Å². The highest BCUT2D eigenvalue weighted by atomic mass is 19.1. The summed E-state index contributed by atoms with van der Waals surface area (Å²) in [6, 6.07) is 0. The van der Waals surface area contributed by atoms with Gasteiger partial charge in [0.15, 0.2) is 0 Å². The summed E-state index contributed by atoms with van der Waals surface area (Å²) in [6.45, 7) is 4.43. The van der Waals surface area contributed by atoms with Crippen LogP contribution in [-0.4, -0.2) is 43.9 Å². The number of piperidine rings is 1. The Hall–Kier alpha value is -1.29. The largest absolute Gasteiger partial charge is 0.496 e. The molecule has 104 valence electrons. The van der Waals surface area contributed by atoms with Crippen LogP contribution < -0.4 is 5.32 Å². The van der Waals surface area contributed by atoms with Crippen LogP contribution in [0.5, 0.6) is 0 Å². The molecule has 0 bridgehead atoms. The zero-order valence-corrected chi connectivity index (χ0v) is 11.2. The van der Waals surface area contributed by atoms with Crippen LogP contribution in [0.2, 0.25) is 0 Å². The van der Waals surface area contributed by atoms with E-state index < -0.39 is 6.17 Å². The normalized spacial score (nSPS) is 24.2. The van der Waals surface area contributed by atoms with Gasteiger partial charge in [-0.1, -0.05) is 6.08 Å². The lowest BCUT2D eigenvalue weighted by Gasteiger charge is -2.28. The molecule has 0 aromatic heterocycles. The Balaban J connectivity index is 1.41. The molecule has 0 aromatic rings. The lowest BCUT2D eigenvalue weighted by molar-refractivity contribution is 0.152. The van der Waals surface area contributed by atoms with Crippen molar-refractivity contribution in [1.82, 2.24) is 10.2 Å². The molecule has 1 N–H and O–H groups in total. The molecule has 1 saturated heterocycles. The van der Waals surface area contributed by atoms with Crippen molar-refractivity contribution in [3.63, 3.8) is 0 Å². The van der Waals surface area contributed by atoms with E-state index in [4.69, 9.17) is 4.74 Å². The van der Waals surface area contributed by atoms with E-state index in [0.29, 0.717) is 12.8 Å². The third-order valence-electron chi connectivity index (χ3n) is 4.04. The van der Waals surface area contributed by atoms with Crippen LogP contribution in [0.15, 0.2) is 35.3 Å². The minimum Gasteiger partial charge on any atom is -0.496 e. The van der Waals surface area contributed by atoms with Crippen molar-refractivity contribution in [2.75, 3.05) is 32.8 Å². The summed E-state index contributed by atoms with van der Waals surface area (Å²) in [5, 5.41) is 3.48. The summed E-state index contributed by atoms with van der Waals surface area (Å²) < 4.78 is 18.3. The molecule has 2 heterocycles. The molecule has 0 unspecified atom stereocenters. The lowest BCUT2D eigenvalue weighted by Crippen LogP contribution is -2.38. The van der Waals surface area contributed by atoms with Gasteiger partial charge in [-0.05, 0) is 30.1 Å². The zero-order chi connectivity index (χ0) is 13.1. The number of alkyl halides is 1. The number of rotatable bonds is 4. The molecule has 0 spiro atoms. The topological polar surface area (TPSA) is 24.5 Å². The van der Waals surface area contributed by atoms with Gasteiger partial charge in [0.2, 0.25) is 0 Å². The number of allylic oxidation sites excluding steroid dienone is 3. The van der Waals surface area contributed by atoms with E-state index in [1.165, 1.54) is 16.8 Å². The van der Waals surface area contributed by atoms with Crippen molar-refractivity contribution in [2.45, 2.75) is 25.4 Å². The first-order valence-corrected chi connectivity index (χ1v) is 7.12. The van der Waals surface area contributed by atoms with Crippen molar-refractivity contribution in [3.05, 3.63) is 35.3 Å². The maximum Gasteiger partial charge on any atom is 0.113 e. The van der Waals surface area contributed by atoms with Crippen LogP contribution in [0.1, 0.15) is 19.3 Å². The zero-order valence-electron chi connectivity index (χ0n) is 11.2. The molecule has 0 aromatic carbocycles. The predicted octanol–water partition coefficient (Wildman–Crippen LogP) is 2.14. The first-order chi connectivity index (χ1) is 9.31. The van der Waals surface area contributed by atoms with Crippen LogP contribution >= 0.6 is 0 Å². The summed E-state index contributed by atoms with van der Waals surface area (Å²) >= 11 is 0. The molecule has 0 atom stereocenters. The molecule has 0 saturated carbocycles. The maximum atomic E-state index is 13.0. The van der Waals surface area contributed by atoms with E-state index >= 15 is 0 Å². The summed E-state index contributed by atoms with van der Waals surface area (Å²) in [5.74, 6) is 0. The quantitative estimate of drug-likeness (QED) is 0.842. The second kappa shape index (κ2) is 5.78. The Labute approximate surface area is 113 Å². The monoisotopic (exact) mass is 264 g/mol. The van der Waals surface area contributed by atoms with Gasteiger partial charge < -0.3 is 15.0 Å². The summed E-state index contributed by atoms with van der Waals surface area (Å²) in [4.78, 5) is 2.34. The number of nitrogens with zero attached hydrogens (tertiary/aromatic N) is 1. The number of fused-ring (bicyclic) bond motifs is 1. The van der Waals surface area contributed by atoms with Crippen LogP contribution in [0, 0.1) is 0 Å². The smallest absolute Gasteiger partial charge is 0.113 e. The Morgan fingerprint density at radius 3 is 2.95 bits per heavy atom. The van der Waals surface area contributed by atoms with Gasteiger partial charge in [0.05, 0.1) is 6.26 Å². The van der Waals surface area contributed by atoms with Crippen molar-refractivity contribution in [3.8, 4) is 0 Å². The lowest BCUT2D eigenvalue weighted by atomic mass is 9.99. The van der Waals surface area contributed by atoms with Gasteiger partial charge in [-0.15, -0.1) is 0 Å². The molecule has 0 amide bonds. The summed E-state index contributed by atoms with van der Waals surface area (Å²) in [6.07, 6.45) is 7.90. The molecule has 1 fully saturated rings. The van der Waals surface area contributed by atoms with Gasteiger partial charge in [-0.25, -0.2) is 4.39 Å². The van der Waals surface area contributed by atoms with E-state index in [1.54, 1.807) is 0 Å². The minimum atomic E-state index is -0.580. The molecule has 3 nitrogen and oxygen atoms in total. The number of likely N-dealkylation sites (tertiary alicyclic amines) is 1. The van der Waals surface area contributed by atoms with Gasteiger partial charge in [-0.3, -0.25) is 0 Å². The molecule has 1 aliphatic carbocycles. The number of hydrogen-bond acceptors (Lipinski definition) is 3. The fourth-order valence-electron chi connectivity index (χ4n) is 2.80. The number of halogens is 1. The fraction of sp³-hybridized carbons (Fsp3) is 0.600. The highest BCUT2D eigenvalue weighted by Gasteiger charge is 2.19. The number of nitrogens with one attached hydrogen (secondary N) is 1. The van der Waals surface area contributed by atoms with E-state index in [-0.39, 0.29) is 0 Å². The SMILES string of the molecule is FC1CCN(CCNC2=CC=C3COC=C3C2)CC1. The van der Waals surface area contributed by atoms with E-state index in [1.807, 2.05) is 6.26 Å². The van der Waals surface area contributed by atoms with Gasteiger partial charge in [0.1, 0.15) is 12.8 Å². The van der Waals surface area contributed by atoms with Gasteiger partial charge in [-0.2, -0.15) is 0 Å². The van der Waals surface area contributed by atoms with Gasteiger partial charge in [0.25, 0.3) is 0 Å². The molecule has 2 aliphatic heterocycles. The standard InChI is InChI=1S/C15H21FN2O/c16-14-3-6-18(7-4-14)8-5-17-15-2-1-12-10-19-11-13(12)9-15/h1-2,11,14,17H,3-10H2. The number of hydrogen-bond donors (Lipinski definition) is 1. The van der Waals surface area contributed by atoms with Gasteiger partial charge >= 0.3 is 0 Å². The molecule has 3 rings (SSSR count). The van der Waals surface area contributed by atoms with Gasteiger partial charge in [0, 0.05) is 38.3 Å². The minimum absolute atomic E-state index is 0.580. The van der Waals surface area contributed by atoms with Crippen molar-refractivity contribution in [2.24, 2.45) is 0 Å². The maximum absolute atomic E-state index is 13.0. The summed E-state index contributed by atoms with van der Waals surface area (Å²) in [5.41, 5.74) is 3.85. The Morgan fingerprint density at radius 1 is 1.26 bits per heavy atom. The molecule has 4 heteroatoms. The average molecular weight is 264 g/mol. The van der Waals surface area contributed by atoms with Crippen LogP contribution in [0.25, 0.3) is 0 Å².